The standard InChI is InChI=1S/C11H10FN/c1-9-7-8-13(12)11(9)10-5-3-2-4-6-10/h2-8H,1H3. The molecule has 0 radical (unpaired) electrons. The summed E-state index contributed by atoms with van der Waals surface area (Å²) in [5.41, 5.74) is 2.50. The molecule has 1 aromatic heterocycles. The van der Waals surface area contributed by atoms with Crippen LogP contribution in [0.25, 0.3) is 11.3 Å². The van der Waals surface area contributed by atoms with Crippen molar-refractivity contribution in [2.24, 2.45) is 0 Å². The fourth-order valence-corrected chi connectivity index (χ4v) is 1.45. The van der Waals surface area contributed by atoms with Gasteiger partial charge in [-0.2, -0.15) is 4.79 Å². The van der Waals surface area contributed by atoms with Crippen LogP contribution < -0.4 is 0 Å². The number of hydrogen-bond donors (Lipinski definition) is 0. The molecule has 0 unspecified atom stereocenters. The maximum atomic E-state index is 13.2. The van der Waals surface area contributed by atoms with Crippen molar-refractivity contribution in [3.8, 4) is 11.3 Å². The molecule has 0 saturated heterocycles. The monoisotopic (exact) mass is 175 g/mol. The highest BCUT2D eigenvalue weighted by Crippen LogP contribution is 2.23. The Hall–Kier alpha value is -1.57. The van der Waals surface area contributed by atoms with Gasteiger partial charge in [-0.15, -0.1) is 0 Å². The van der Waals surface area contributed by atoms with E-state index in [4.69, 9.17) is 0 Å². The summed E-state index contributed by atoms with van der Waals surface area (Å²) in [5.74, 6) is 0. The molecule has 66 valence electrons. The maximum Gasteiger partial charge on any atom is 0.0841 e. The van der Waals surface area contributed by atoms with Crippen molar-refractivity contribution in [3.63, 3.8) is 0 Å². The van der Waals surface area contributed by atoms with E-state index < -0.39 is 0 Å². The van der Waals surface area contributed by atoms with Gasteiger partial charge in [-0.3, -0.25) is 0 Å². The van der Waals surface area contributed by atoms with Crippen LogP contribution in [-0.4, -0.2) is 4.79 Å². The van der Waals surface area contributed by atoms with Gasteiger partial charge in [-0.25, -0.2) is 0 Å². The predicted molar refractivity (Wildman–Crippen MR) is 51.1 cm³/mol. The smallest absolute Gasteiger partial charge is 0.0841 e. The van der Waals surface area contributed by atoms with E-state index in [0.29, 0.717) is 10.5 Å². The predicted octanol–water partition coefficient (Wildman–Crippen LogP) is 3.20. The van der Waals surface area contributed by atoms with Crippen LogP contribution in [0.2, 0.25) is 0 Å². The molecule has 0 aliphatic rings. The zero-order valence-corrected chi connectivity index (χ0v) is 7.37. The molecule has 0 atom stereocenters. The molecule has 0 amide bonds. The third-order valence-electron chi connectivity index (χ3n) is 2.09. The molecule has 0 fully saturated rings. The zero-order chi connectivity index (χ0) is 9.26. The molecule has 2 rings (SSSR count). The van der Waals surface area contributed by atoms with Crippen molar-refractivity contribution in [2.75, 3.05) is 0 Å². The molecule has 2 heteroatoms. The summed E-state index contributed by atoms with van der Waals surface area (Å²) in [7, 11) is 0. The molecule has 2 aromatic rings. The lowest BCUT2D eigenvalue weighted by Gasteiger charge is -2.01. The largest absolute Gasteiger partial charge is 0.186 e. The lowest BCUT2D eigenvalue weighted by atomic mass is 10.1. The Labute approximate surface area is 76.4 Å². The topological polar surface area (TPSA) is 4.93 Å². The van der Waals surface area contributed by atoms with Gasteiger partial charge in [0.25, 0.3) is 0 Å². The summed E-state index contributed by atoms with van der Waals surface area (Å²) in [5, 5.41) is 0. The van der Waals surface area contributed by atoms with Gasteiger partial charge in [0, 0.05) is 11.8 Å². The normalized spacial score (nSPS) is 10.3. The first-order valence-electron chi connectivity index (χ1n) is 4.18. The summed E-state index contributed by atoms with van der Waals surface area (Å²) >= 11 is 0. The number of benzene rings is 1. The van der Waals surface area contributed by atoms with Crippen molar-refractivity contribution in [1.29, 1.82) is 0 Å². The SMILES string of the molecule is Cc1ccn(F)c1-c1ccccc1. The Bertz CT molecular complexity index is 384. The third kappa shape index (κ3) is 1.35. The molecule has 0 aliphatic carbocycles. The van der Waals surface area contributed by atoms with E-state index in [-0.39, 0.29) is 0 Å². The quantitative estimate of drug-likeness (QED) is 0.627. The molecule has 0 bridgehead atoms. The Morgan fingerprint density at radius 2 is 1.77 bits per heavy atom. The van der Waals surface area contributed by atoms with Crippen LogP contribution >= 0.6 is 0 Å². The molecule has 1 aromatic carbocycles. The van der Waals surface area contributed by atoms with Crippen LogP contribution in [0.15, 0.2) is 42.6 Å². The van der Waals surface area contributed by atoms with Crippen molar-refractivity contribution in [1.82, 2.24) is 4.79 Å². The van der Waals surface area contributed by atoms with Crippen LogP contribution in [0.4, 0.5) is 4.48 Å². The molecule has 1 nitrogen and oxygen atoms in total. The second-order valence-electron chi connectivity index (χ2n) is 3.02. The average Bonchev–Trinajstić information content (AvgIpc) is 2.48. The van der Waals surface area contributed by atoms with Gasteiger partial charge in [-0.1, -0.05) is 34.8 Å². The summed E-state index contributed by atoms with van der Waals surface area (Å²) in [6.07, 6.45) is 1.43. The number of rotatable bonds is 1. The lowest BCUT2D eigenvalue weighted by molar-refractivity contribution is 0.376. The van der Waals surface area contributed by atoms with E-state index in [2.05, 4.69) is 0 Å². The number of nitrogens with zero attached hydrogens (tertiary/aromatic N) is 1. The second kappa shape index (κ2) is 3.05. The first-order chi connectivity index (χ1) is 6.29. The van der Waals surface area contributed by atoms with E-state index in [0.717, 1.165) is 11.1 Å². The van der Waals surface area contributed by atoms with E-state index in [9.17, 15) is 4.48 Å². The van der Waals surface area contributed by atoms with Gasteiger partial charge in [-0.05, 0) is 18.6 Å². The van der Waals surface area contributed by atoms with E-state index in [1.807, 2.05) is 37.3 Å². The highest BCUT2D eigenvalue weighted by atomic mass is 19.2. The van der Waals surface area contributed by atoms with Crippen LogP contribution in [0.3, 0.4) is 0 Å². The summed E-state index contributed by atoms with van der Waals surface area (Å²) < 4.78 is 13.2. The molecule has 0 aliphatic heterocycles. The average molecular weight is 175 g/mol. The van der Waals surface area contributed by atoms with E-state index >= 15 is 0 Å². The fraction of sp³-hybridized carbons (Fsp3) is 0.0909. The molecule has 1 heterocycles. The highest BCUT2D eigenvalue weighted by molar-refractivity contribution is 5.63. The Kier molecular flexibility index (Phi) is 1.89. The van der Waals surface area contributed by atoms with E-state index in [1.165, 1.54) is 6.20 Å². The number of hydrogen-bond acceptors (Lipinski definition) is 0. The molecular weight excluding hydrogens is 165 g/mol. The molecule has 0 saturated carbocycles. The minimum atomic E-state index is 0.639. The summed E-state index contributed by atoms with van der Waals surface area (Å²) in [4.78, 5) is 0.657. The minimum absolute atomic E-state index is 0.639. The molecule has 0 spiro atoms. The fourth-order valence-electron chi connectivity index (χ4n) is 1.45. The van der Waals surface area contributed by atoms with E-state index in [1.54, 1.807) is 6.07 Å². The number of aromatic nitrogens is 1. The van der Waals surface area contributed by atoms with Gasteiger partial charge in [0.2, 0.25) is 0 Å². The van der Waals surface area contributed by atoms with Gasteiger partial charge >= 0.3 is 0 Å². The minimum Gasteiger partial charge on any atom is -0.186 e. The lowest BCUT2D eigenvalue weighted by Crippen LogP contribution is -1.86. The Balaban J connectivity index is 2.59. The Morgan fingerprint density at radius 3 is 2.31 bits per heavy atom. The van der Waals surface area contributed by atoms with Gasteiger partial charge in [0.15, 0.2) is 0 Å². The summed E-state index contributed by atoms with van der Waals surface area (Å²) in [6.45, 7) is 1.90. The zero-order valence-electron chi connectivity index (χ0n) is 7.37. The number of aryl methyl sites for hydroxylation is 1. The first kappa shape index (κ1) is 8.05. The van der Waals surface area contributed by atoms with Crippen molar-refractivity contribution < 1.29 is 4.48 Å². The maximum absolute atomic E-state index is 13.2. The molecular formula is C11H10FN. The van der Waals surface area contributed by atoms with Crippen molar-refractivity contribution in [3.05, 3.63) is 48.2 Å². The van der Waals surface area contributed by atoms with Crippen molar-refractivity contribution >= 4 is 0 Å². The van der Waals surface area contributed by atoms with Crippen LogP contribution in [0.1, 0.15) is 5.56 Å². The van der Waals surface area contributed by atoms with Gasteiger partial charge in [0.1, 0.15) is 0 Å². The molecule has 13 heavy (non-hydrogen) atoms. The van der Waals surface area contributed by atoms with Gasteiger partial charge in [0.05, 0.1) is 5.69 Å². The van der Waals surface area contributed by atoms with Gasteiger partial charge < -0.3 is 0 Å². The summed E-state index contributed by atoms with van der Waals surface area (Å²) in [6, 6.07) is 11.3. The van der Waals surface area contributed by atoms with Crippen LogP contribution in [0, 0.1) is 6.92 Å². The Morgan fingerprint density at radius 1 is 1.08 bits per heavy atom. The molecule has 0 N–H and O–H groups in total. The third-order valence-corrected chi connectivity index (χ3v) is 2.09. The van der Waals surface area contributed by atoms with Crippen molar-refractivity contribution in [2.45, 2.75) is 6.92 Å². The van der Waals surface area contributed by atoms with Crippen LogP contribution in [-0.2, 0) is 0 Å². The van der Waals surface area contributed by atoms with Crippen LogP contribution in [0.5, 0.6) is 0 Å². The highest BCUT2D eigenvalue weighted by Gasteiger charge is 2.06. The number of halogens is 1. The first-order valence-corrected chi connectivity index (χ1v) is 4.18. The second-order valence-corrected chi connectivity index (χ2v) is 3.02.